The number of anilines is 2. The van der Waals surface area contributed by atoms with Gasteiger partial charge in [0.15, 0.2) is 5.13 Å². The molecule has 1 aliphatic rings. The molecule has 1 aromatic carbocycles. The number of pyridine rings is 1. The first-order valence-corrected chi connectivity index (χ1v) is 9.63. The van der Waals surface area contributed by atoms with Crippen molar-refractivity contribution in [1.29, 1.82) is 0 Å². The Morgan fingerprint density at radius 1 is 1.15 bits per heavy atom. The lowest BCUT2D eigenvalue weighted by atomic mass is 10.1. The fourth-order valence-electron chi connectivity index (χ4n) is 3.03. The summed E-state index contributed by atoms with van der Waals surface area (Å²) in [4.78, 5) is 34.6. The smallest absolute Gasteiger partial charge is 0.230 e. The normalized spacial score (nSPS) is 13.8. The van der Waals surface area contributed by atoms with E-state index in [2.05, 4.69) is 15.3 Å². The molecule has 0 atom stereocenters. The van der Waals surface area contributed by atoms with Crippen LogP contribution < -0.4 is 10.2 Å². The number of hydrogen-bond acceptors (Lipinski definition) is 5. The van der Waals surface area contributed by atoms with Gasteiger partial charge in [0.1, 0.15) is 5.69 Å². The van der Waals surface area contributed by atoms with Crippen molar-refractivity contribution in [2.45, 2.75) is 19.3 Å². The number of carbonyl (C=O) groups is 2. The van der Waals surface area contributed by atoms with Crippen molar-refractivity contribution < 1.29 is 9.59 Å². The van der Waals surface area contributed by atoms with Crippen LogP contribution in [0, 0.1) is 0 Å². The van der Waals surface area contributed by atoms with Crippen LogP contribution in [0.5, 0.6) is 0 Å². The van der Waals surface area contributed by atoms with E-state index in [-0.39, 0.29) is 18.2 Å². The highest BCUT2D eigenvalue weighted by Gasteiger charge is 2.21. The molecule has 0 unspecified atom stereocenters. The third-order valence-corrected chi connectivity index (χ3v) is 5.12. The van der Waals surface area contributed by atoms with Gasteiger partial charge in [-0.25, -0.2) is 4.98 Å². The van der Waals surface area contributed by atoms with Gasteiger partial charge in [-0.2, -0.15) is 0 Å². The number of aromatic nitrogens is 2. The second kappa shape index (κ2) is 7.67. The van der Waals surface area contributed by atoms with Crippen LogP contribution in [-0.4, -0.2) is 28.3 Å². The van der Waals surface area contributed by atoms with Gasteiger partial charge < -0.3 is 10.2 Å². The number of hydrogen-bond donors (Lipinski definition) is 1. The van der Waals surface area contributed by atoms with E-state index in [0.29, 0.717) is 11.6 Å². The van der Waals surface area contributed by atoms with Gasteiger partial charge in [-0.05, 0) is 36.2 Å². The Morgan fingerprint density at radius 3 is 2.70 bits per heavy atom. The van der Waals surface area contributed by atoms with Gasteiger partial charge in [0.25, 0.3) is 0 Å². The second-order valence-electron chi connectivity index (χ2n) is 6.29. The summed E-state index contributed by atoms with van der Waals surface area (Å²) >= 11 is 1.38. The van der Waals surface area contributed by atoms with Crippen molar-refractivity contribution in [3.8, 4) is 11.4 Å². The third kappa shape index (κ3) is 4.03. The molecule has 0 bridgehead atoms. The molecule has 2 amide bonds. The molecule has 4 rings (SSSR count). The van der Waals surface area contributed by atoms with Crippen molar-refractivity contribution in [3.63, 3.8) is 0 Å². The Kier molecular flexibility index (Phi) is 4.93. The highest BCUT2D eigenvalue weighted by Crippen LogP contribution is 2.24. The zero-order chi connectivity index (χ0) is 18.6. The second-order valence-corrected chi connectivity index (χ2v) is 7.15. The van der Waals surface area contributed by atoms with E-state index < -0.39 is 0 Å². The molecule has 1 fully saturated rings. The SMILES string of the molecule is O=C(Cc1ccc(N2CCCC2=O)cc1)Nc1nc(-c2ccccn2)cs1. The van der Waals surface area contributed by atoms with E-state index in [4.69, 9.17) is 0 Å². The summed E-state index contributed by atoms with van der Waals surface area (Å²) < 4.78 is 0. The van der Waals surface area contributed by atoms with Crippen molar-refractivity contribution >= 4 is 34.0 Å². The van der Waals surface area contributed by atoms with E-state index in [1.165, 1.54) is 11.3 Å². The lowest BCUT2D eigenvalue weighted by Gasteiger charge is -2.15. The quantitative estimate of drug-likeness (QED) is 0.737. The first kappa shape index (κ1) is 17.4. The number of carbonyl (C=O) groups excluding carboxylic acids is 2. The van der Waals surface area contributed by atoms with Gasteiger partial charge in [0.05, 0.1) is 12.1 Å². The van der Waals surface area contributed by atoms with Crippen molar-refractivity contribution in [2.75, 3.05) is 16.8 Å². The Balaban J connectivity index is 1.37. The number of nitrogens with zero attached hydrogens (tertiary/aromatic N) is 3. The summed E-state index contributed by atoms with van der Waals surface area (Å²) in [6.07, 6.45) is 3.48. The Bertz CT molecular complexity index is 954. The van der Waals surface area contributed by atoms with Crippen LogP contribution in [0.4, 0.5) is 10.8 Å². The molecule has 1 N–H and O–H groups in total. The average Bonchev–Trinajstić information content (AvgIpc) is 3.32. The monoisotopic (exact) mass is 378 g/mol. The van der Waals surface area contributed by atoms with E-state index in [1.807, 2.05) is 47.8 Å². The lowest BCUT2D eigenvalue weighted by Crippen LogP contribution is -2.23. The van der Waals surface area contributed by atoms with Crippen LogP contribution in [-0.2, 0) is 16.0 Å². The number of nitrogens with one attached hydrogen (secondary N) is 1. The molecule has 136 valence electrons. The molecule has 0 aliphatic carbocycles. The maximum absolute atomic E-state index is 12.3. The number of rotatable bonds is 5. The Hall–Kier alpha value is -3.06. The molecule has 27 heavy (non-hydrogen) atoms. The zero-order valence-electron chi connectivity index (χ0n) is 14.6. The molecule has 3 heterocycles. The molecule has 7 heteroatoms. The number of thiazole rings is 1. The summed E-state index contributed by atoms with van der Waals surface area (Å²) in [5.74, 6) is 0.0369. The van der Waals surface area contributed by atoms with Crippen LogP contribution in [0.25, 0.3) is 11.4 Å². The molecule has 2 aromatic heterocycles. The van der Waals surface area contributed by atoms with E-state index in [0.717, 1.165) is 35.6 Å². The molecule has 0 spiro atoms. The van der Waals surface area contributed by atoms with Gasteiger partial charge in [-0.1, -0.05) is 18.2 Å². The molecular weight excluding hydrogens is 360 g/mol. The summed E-state index contributed by atoms with van der Waals surface area (Å²) in [7, 11) is 0. The average molecular weight is 378 g/mol. The molecule has 3 aromatic rings. The van der Waals surface area contributed by atoms with Crippen LogP contribution in [0.1, 0.15) is 18.4 Å². The van der Waals surface area contributed by atoms with Crippen molar-refractivity contribution in [3.05, 3.63) is 59.6 Å². The first-order valence-electron chi connectivity index (χ1n) is 8.75. The highest BCUT2D eigenvalue weighted by molar-refractivity contribution is 7.14. The standard InChI is InChI=1S/C20H18N4O2S/c25-18(23-20-22-17(13-27-20)16-4-1-2-10-21-16)12-14-6-8-15(9-7-14)24-11-3-5-19(24)26/h1-2,4,6-10,13H,3,5,11-12H2,(H,22,23,25). The van der Waals surface area contributed by atoms with Gasteiger partial charge in [-0.3, -0.25) is 14.6 Å². The molecular formula is C20H18N4O2S. The van der Waals surface area contributed by atoms with Gasteiger partial charge in [-0.15, -0.1) is 11.3 Å². The van der Waals surface area contributed by atoms with E-state index in [9.17, 15) is 9.59 Å². The van der Waals surface area contributed by atoms with Gasteiger partial charge in [0.2, 0.25) is 11.8 Å². The molecule has 1 aliphatic heterocycles. The minimum atomic E-state index is -0.123. The molecule has 1 saturated heterocycles. The van der Waals surface area contributed by atoms with Crippen molar-refractivity contribution in [2.24, 2.45) is 0 Å². The first-order chi connectivity index (χ1) is 13.2. The lowest BCUT2D eigenvalue weighted by molar-refractivity contribution is -0.117. The number of benzene rings is 1. The summed E-state index contributed by atoms with van der Waals surface area (Å²) in [6, 6.07) is 13.2. The summed E-state index contributed by atoms with van der Waals surface area (Å²) in [5, 5.41) is 5.26. The fourth-order valence-corrected chi connectivity index (χ4v) is 3.75. The largest absolute Gasteiger partial charge is 0.312 e. The summed E-state index contributed by atoms with van der Waals surface area (Å²) in [5.41, 5.74) is 3.31. The Morgan fingerprint density at radius 2 is 2.00 bits per heavy atom. The highest BCUT2D eigenvalue weighted by atomic mass is 32.1. The topological polar surface area (TPSA) is 75.2 Å². The summed E-state index contributed by atoms with van der Waals surface area (Å²) in [6.45, 7) is 0.765. The predicted molar refractivity (Wildman–Crippen MR) is 106 cm³/mol. The minimum absolute atomic E-state index is 0.123. The fraction of sp³-hybridized carbons (Fsp3) is 0.200. The predicted octanol–water partition coefficient (Wildman–Crippen LogP) is 3.51. The molecule has 6 nitrogen and oxygen atoms in total. The molecule has 0 radical (unpaired) electrons. The van der Waals surface area contributed by atoms with Crippen LogP contribution in [0.15, 0.2) is 54.0 Å². The van der Waals surface area contributed by atoms with E-state index >= 15 is 0 Å². The van der Waals surface area contributed by atoms with Gasteiger partial charge >= 0.3 is 0 Å². The van der Waals surface area contributed by atoms with Crippen molar-refractivity contribution in [1.82, 2.24) is 9.97 Å². The number of amides is 2. The zero-order valence-corrected chi connectivity index (χ0v) is 15.4. The Labute approximate surface area is 160 Å². The molecule has 0 saturated carbocycles. The van der Waals surface area contributed by atoms with Gasteiger partial charge in [0, 0.05) is 30.2 Å². The van der Waals surface area contributed by atoms with Crippen LogP contribution in [0.2, 0.25) is 0 Å². The minimum Gasteiger partial charge on any atom is -0.312 e. The third-order valence-electron chi connectivity index (χ3n) is 4.36. The maximum atomic E-state index is 12.3. The van der Waals surface area contributed by atoms with Crippen LogP contribution in [0.3, 0.4) is 0 Å². The van der Waals surface area contributed by atoms with E-state index in [1.54, 1.807) is 11.1 Å². The maximum Gasteiger partial charge on any atom is 0.230 e. The van der Waals surface area contributed by atoms with Crippen LogP contribution >= 0.6 is 11.3 Å².